The van der Waals surface area contributed by atoms with Crippen molar-refractivity contribution in [1.29, 1.82) is 0 Å². The van der Waals surface area contributed by atoms with Crippen LogP contribution >= 0.6 is 0 Å². The van der Waals surface area contributed by atoms with Gasteiger partial charge < -0.3 is 14.2 Å². The Bertz CT molecular complexity index is 1450. The van der Waals surface area contributed by atoms with Crippen molar-refractivity contribution in [2.75, 3.05) is 13.2 Å². The second kappa shape index (κ2) is 52.2. The lowest BCUT2D eigenvalue weighted by molar-refractivity contribution is -0.167. The fourth-order valence-electron chi connectivity index (χ4n) is 6.31. The maximum Gasteiger partial charge on any atom is 0.306 e. The molecule has 1 atom stereocenters. The molecule has 364 valence electrons. The first-order valence-corrected chi connectivity index (χ1v) is 25.7. The highest BCUT2D eigenvalue weighted by atomic mass is 16.6. The molecule has 0 spiro atoms. The molecule has 65 heavy (non-hydrogen) atoms. The van der Waals surface area contributed by atoms with Crippen LogP contribution in [-0.4, -0.2) is 37.2 Å². The van der Waals surface area contributed by atoms with Crippen molar-refractivity contribution in [3.8, 4) is 0 Å². The van der Waals surface area contributed by atoms with Gasteiger partial charge in [0, 0.05) is 19.3 Å². The lowest BCUT2D eigenvalue weighted by atomic mass is 10.1. The summed E-state index contributed by atoms with van der Waals surface area (Å²) in [5.41, 5.74) is 0. The Morgan fingerprint density at radius 3 is 0.954 bits per heavy atom. The Hall–Kier alpha value is -4.45. The Balaban J connectivity index is 4.59. The summed E-state index contributed by atoms with van der Waals surface area (Å²) >= 11 is 0. The minimum Gasteiger partial charge on any atom is -0.462 e. The van der Waals surface area contributed by atoms with E-state index in [9.17, 15) is 14.4 Å². The van der Waals surface area contributed by atoms with Crippen molar-refractivity contribution in [3.05, 3.63) is 134 Å². The summed E-state index contributed by atoms with van der Waals surface area (Å²) in [5, 5.41) is 0. The molecule has 0 aliphatic carbocycles. The lowest BCUT2D eigenvalue weighted by Gasteiger charge is -2.18. The first kappa shape index (κ1) is 60.5. The van der Waals surface area contributed by atoms with Gasteiger partial charge in [0.15, 0.2) is 6.10 Å². The number of ether oxygens (including phenoxy) is 3. The van der Waals surface area contributed by atoms with E-state index < -0.39 is 6.10 Å². The van der Waals surface area contributed by atoms with Gasteiger partial charge in [-0.25, -0.2) is 0 Å². The van der Waals surface area contributed by atoms with E-state index in [2.05, 4.69) is 154 Å². The van der Waals surface area contributed by atoms with Gasteiger partial charge >= 0.3 is 17.9 Å². The Labute approximate surface area is 398 Å². The van der Waals surface area contributed by atoms with Crippen LogP contribution in [0.4, 0.5) is 0 Å². The van der Waals surface area contributed by atoms with Gasteiger partial charge in [-0.05, 0) is 135 Å². The molecule has 0 aromatic heterocycles. The van der Waals surface area contributed by atoms with Crippen LogP contribution in [0, 0.1) is 0 Å². The topological polar surface area (TPSA) is 78.9 Å². The smallest absolute Gasteiger partial charge is 0.306 e. The van der Waals surface area contributed by atoms with Crippen molar-refractivity contribution in [2.24, 2.45) is 0 Å². The predicted molar refractivity (Wildman–Crippen MR) is 279 cm³/mol. The number of hydrogen-bond donors (Lipinski definition) is 0. The minimum absolute atomic E-state index is 0.125. The van der Waals surface area contributed by atoms with Gasteiger partial charge in [0.2, 0.25) is 0 Å². The third kappa shape index (κ3) is 50.4. The number of rotatable bonds is 44. The van der Waals surface area contributed by atoms with E-state index in [1.54, 1.807) is 0 Å². The average Bonchev–Trinajstić information content (AvgIpc) is 3.30. The van der Waals surface area contributed by atoms with E-state index in [1.807, 2.05) is 0 Å². The summed E-state index contributed by atoms with van der Waals surface area (Å²) in [6, 6.07) is 0. The molecule has 0 saturated carbocycles. The van der Waals surface area contributed by atoms with Crippen molar-refractivity contribution in [3.63, 3.8) is 0 Å². The normalized spacial score (nSPS) is 13.2. The van der Waals surface area contributed by atoms with Crippen LogP contribution in [0.3, 0.4) is 0 Å². The lowest BCUT2D eigenvalue weighted by Crippen LogP contribution is -2.30. The molecule has 0 aliphatic heterocycles. The predicted octanol–water partition coefficient (Wildman–Crippen LogP) is 17.1. The largest absolute Gasteiger partial charge is 0.462 e. The van der Waals surface area contributed by atoms with Crippen LogP contribution in [0.25, 0.3) is 0 Å². The molecular formula is C59H92O6. The minimum atomic E-state index is -0.830. The van der Waals surface area contributed by atoms with Gasteiger partial charge in [0.1, 0.15) is 13.2 Å². The number of carbonyl (C=O) groups excluding carboxylic acids is 3. The van der Waals surface area contributed by atoms with E-state index in [0.29, 0.717) is 19.3 Å². The summed E-state index contributed by atoms with van der Waals surface area (Å²) in [7, 11) is 0. The molecule has 0 amide bonds. The van der Waals surface area contributed by atoms with Gasteiger partial charge in [-0.15, -0.1) is 0 Å². The number of unbranched alkanes of at least 4 members (excludes halogenated alkanes) is 11. The van der Waals surface area contributed by atoms with Crippen molar-refractivity contribution < 1.29 is 28.6 Å². The number of carbonyl (C=O) groups is 3. The quantitative estimate of drug-likeness (QED) is 0.0262. The van der Waals surface area contributed by atoms with Gasteiger partial charge in [-0.2, -0.15) is 0 Å². The zero-order valence-corrected chi connectivity index (χ0v) is 41.4. The second-order valence-electron chi connectivity index (χ2n) is 16.3. The maximum atomic E-state index is 12.8. The Morgan fingerprint density at radius 2 is 0.600 bits per heavy atom. The summed E-state index contributed by atoms with van der Waals surface area (Å²) in [4.78, 5) is 38.0. The number of esters is 3. The maximum absolute atomic E-state index is 12.8. The molecule has 6 heteroatoms. The summed E-state index contributed by atoms with van der Waals surface area (Å²) in [5.74, 6) is -1.04. The zero-order chi connectivity index (χ0) is 47.2. The Morgan fingerprint density at radius 1 is 0.323 bits per heavy atom. The molecule has 0 aromatic rings. The molecule has 0 heterocycles. The molecule has 0 bridgehead atoms. The molecule has 0 aliphatic rings. The molecule has 0 radical (unpaired) electrons. The van der Waals surface area contributed by atoms with Crippen LogP contribution in [0.1, 0.15) is 201 Å². The highest BCUT2D eigenvalue weighted by Gasteiger charge is 2.19. The summed E-state index contributed by atoms with van der Waals surface area (Å²) in [6.45, 7) is 6.26. The Kier molecular flexibility index (Phi) is 48.6. The van der Waals surface area contributed by atoms with Gasteiger partial charge in [0.25, 0.3) is 0 Å². The number of allylic oxidation sites excluding steroid dienone is 22. The van der Waals surface area contributed by atoms with Gasteiger partial charge in [-0.3, -0.25) is 14.4 Å². The van der Waals surface area contributed by atoms with Gasteiger partial charge in [-0.1, -0.05) is 180 Å². The molecular weight excluding hydrogens is 805 g/mol. The summed E-state index contributed by atoms with van der Waals surface area (Å²) in [6.07, 6.45) is 72.9. The van der Waals surface area contributed by atoms with Crippen molar-refractivity contribution in [1.82, 2.24) is 0 Å². The highest BCUT2D eigenvalue weighted by molar-refractivity contribution is 5.71. The summed E-state index contributed by atoms with van der Waals surface area (Å²) < 4.78 is 16.7. The molecule has 6 nitrogen and oxygen atoms in total. The third-order valence-electron chi connectivity index (χ3n) is 10.1. The van der Waals surface area contributed by atoms with Crippen LogP contribution in [0.5, 0.6) is 0 Å². The van der Waals surface area contributed by atoms with E-state index in [4.69, 9.17) is 14.2 Å². The third-order valence-corrected chi connectivity index (χ3v) is 10.1. The van der Waals surface area contributed by atoms with Gasteiger partial charge in [0.05, 0.1) is 0 Å². The van der Waals surface area contributed by atoms with E-state index >= 15 is 0 Å². The monoisotopic (exact) mass is 897 g/mol. The fraction of sp³-hybridized carbons (Fsp3) is 0.576. The van der Waals surface area contributed by atoms with Crippen LogP contribution in [0.15, 0.2) is 134 Å². The van der Waals surface area contributed by atoms with Crippen LogP contribution in [-0.2, 0) is 28.6 Å². The first-order valence-electron chi connectivity index (χ1n) is 25.7. The highest BCUT2D eigenvalue weighted by Crippen LogP contribution is 2.11. The van der Waals surface area contributed by atoms with E-state index in [1.165, 1.54) is 25.7 Å². The SMILES string of the molecule is CC/C=C\C/C=C\C/C=C\C/C=C\CCCCCCC(=O)OC[C@H](COC(=O)CCCC/C=C\C/C=C\C/C=C\C/C=C\CC)OC(=O)CCCC/C=C\C/C=C\C/C=C\CCCCC. The zero-order valence-electron chi connectivity index (χ0n) is 41.4. The molecule has 0 fully saturated rings. The van der Waals surface area contributed by atoms with E-state index in [-0.39, 0.29) is 44.0 Å². The van der Waals surface area contributed by atoms with E-state index in [0.717, 1.165) is 122 Å². The molecule has 0 unspecified atom stereocenters. The molecule has 0 saturated heterocycles. The number of hydrogen-bond acceptors (Lipinski definition) is 6. The standard InChI is InChI=1S/C59H92O6/c1-4-7-10-13-16-19-22-25-28-29-32-34-37-40-43-46-49-52-58(61)64-55-56(65-59(62)53-50-47-44-41-38-35-31-27-24-21-18-15-12-9-6-3)54-63-57(60)51-48-45-42-39-36-33-30-26-23-20-17-14-11-8-5-2/h7-8,10-11,16-21,25-28,30-32,34,36,38-39,41,56H,4-6,9,12-15,22-24,29,33,35,37,40,42-55H2,1-3H3/b10-7-,11-8-,19-16-,20-17-,21-18-,28-25-,30-26-,31-27-,34-32-,39-36-,41-38-/t56-/m0/s1. The second-order valence-corrected chi connectivity index (χ2v) is 16.3. The molecule has 0 N–H and O–H groups in total. The van der Waals surface area contributed by atoms with Crippen molar-refractivity contribution >= 4 is 17.9 Å². The van der Waals surface area contributed by atoms with Crippen LogP contribution < -0.4 is 0 Å². The average molecular weight is 897 g/mol. The van der Waals surface area contributed by atoms with Crippen molar-refractivity contribution in [2.45, 2.75) is 207 Å². The van der Waals surface area contributed by atoms with Crippen LogP contribution in [0.2, 0.25) is 0 Å². The molecule has 0 rings (SSSR count). The fourth-order valence-corrected chi connectivity index (χ4v) is 6.31. The first-order chi connectivity index (χ1) is 32.0. The molecule has 0 aromatic carbocycles.